The first kappa shape index (κ1) is 23.8. The highest BCUT2D eigenvalue weighted by molar-refractivity contribution is 6.31. The number of hydrogen-bond acceptors (Lipinski definition) is 4. The summed E-state index contributed by atoms with van der Waals surface area (Å²) in [7, 11) is 1.52. The van der Waals surface area contributed by atoms with Crippen molar-refractivity contribution in [2.75, 3.05) is 13.6 Å². The third kappa shape index (κ3) is 6.82. The molecule has 3 amide bonds. The molecule has 0 heterocycles. The number of rotatable bonds is 7. The lowest BCUT2D eigenvalue weighted by atomic mass is 10.1. The van der Waals surface area contributed by atoms with Gasteiger partial charge in [0.15, 0.2) is 0 Å². The maximum absolute atomic E-state index is 12.3. The van der Waals surface area contributed by atoms with Crippen LogP contribution >= 0.6 is 11.6 Å². The molecule has 0 bridgehead atoms. The molecule has 0 radical (unpaired) electrons. The van der Waals surface area contributed by atoms with E-state index in [9.17, 15) is 14.4 Å². The van der Waals surface area contributed by atoms with E-state index >= 15 is 0 Å². The van der Waals surface area contributed by atoms with Gasteiger partial charge in [-0.3, -0.25) is 25.2 Å². The van der Waals surface area contributed by atoms with E-state index in [2.05, 4.69) is 10.9 Å². The number of ether oxygens (including phenoxy) is 1. The highest BCUT2D eigenvalue weighted by atomic mass is 35.5. The van der Waals surface area contributed by atoms with Gasteiger partial charge in [-0.05, 0) is 60.5 Å². The number of hydrazine groups is 1. The van der Waals surface area contributed by atoms with Crippen molar-refractivity contribution in [3.05, 3.63) is 100 Å². The van der Waals surface area contributed by atoms with Crippen LogP contribution in [0.3, 0.4) is 0 Å². The lowest BCUT2D eigenvalue weighted by Gasteiger charge is -2.17. The Morgan fingerprint density at radius 1 is 0.909 bits per heavy atom. The molecular formula is C25H24ClN3O4. The maximum atomic E-state index is 12.3. The van der Waals surface area contributed by atoms with Gasteiger partial charge in [0.1, 0.15) is 18.9 Å². The van der Waals surface area contributed by atoms with E-state index in [1.165, 1.54) is 11.9 Å². The molecule has 0 aliphatic carbocycles. The first-order chi connectivity index (χ1) is 15.8. The summed E-state index contributed by atoms with van der Waals surface area (Å²) in [6.07, 6.45) is 0. The van der Waals surface area contributed by atoms with Crippen LogP contribution in [0.1, 0.15) is 31.8 Å². The molecule has 0 saturated carbocycles. The lowest BCUT2D eigenvalue weighted by molar-refractivity contribution is -0.122. The second-order valence-electron chi connectivity index (χ2n) is 7.43. The van der Waals surface area contributed by atoms with Crippen LogP contribution in [0.25, 0.3) is 0 Å². The summed E-state index contributed by atoms with van der Waals surface area (Å²) in [6.45, 7) is 2.04. The molecule has 0 spiro atoms. The van der Waals surface area contributed by atoms with E-state index in [4.69, 9.17) is 16.3 Å². The Hall–Kier alpha value is -3.84. The number of aryl methyl sites for hydroxylation is 1. The Balaban J connectivity index is 1.45. The summed E-state index contributed by atoms with van der Waals surface area (Å²) in [4.78, 5) is 38.0. The molecule has 33 heavy (non-hydrogen) atoms. The zero-order chi connectivity index (χ0) is 23.8. The monoisotopic (exact) mass is 465 g/mol. The molecule has 3 aromatic carbocycles. The Bertz CT molecular complexity index is 1130. The maximum Gasteiger partial charge on any atom is 0.269 e. The second-order valence-corrected chi connectivity index (χ2v) is 7.83. The number of hydrogen-bond donors (Lipinski definition) is 2. The Morgan fingerprint density at radius 2 is 1.61 bits per heavy atom. The molecule has 0 unspecified atom stereocenters. The van der Waals surface area contributed by atoms with Crippen LogP contribution in [0.2, 0.25) is 5.02 Å². The van der Waals surface area contributed by atoms with E-state index in [1.54, 1.807) is 66.7 Å². The van der Waals surface area contributed by atoms with Gasteiger partial charge in [-0.15, -0.1) is 0 Å². The van der Waals surface area contributed by atoms with Crippen molar-refractivity contribution in [3.63, 3.8) is 0 Å². The summed E-state index contributed by atoms with van der Waals surface area (Å²) in [6, 6.07) is 20.9. The molecule has 3 rings (SSSR count). The molecule has 170 valence electrons. The van der Waals surface area contributed by atoms with Gasteiger partial charge < -0.3 is 9.64 Å². The molecule has 2 N–H and O–H groups in total. The van der Waals surface area contributed by atoms with E-state index in [-0.39, 0.29) is 12.5 Å². The molecule has 0 aliphatic rings. The van der Waals surface area contributed by atoms with Gasteiger partial charge >= 0.3 is 0 Å². The zero-order valence-corrected chi connectivity index (χ0v) is 19.1. The first-order valence-corrected chi connectivity index (χ1v) is 10.6. The Labute approximate surface area is 197 Å². The molecule has 0 atom stereocenters. The van der Waals surface area contributed by atoms with Crippen LogP contribution in [-0.2, 0) is 11.4 Å². The quantitative estimate of drug-likeness (QED) is 0.520. The number of nitrogens with one attached hydrogen (secondary N) is 2. The molecule has 8 heteroatoms. The fraction of sp³-hybridized carbons (Fsp3) is 0.160. The van der Waals surface area contributed by atoms with Crippen molar-refractivity contribution in [2.45, 2.75) is 13.5 Å². The molecule has 0 aliphatic heterocycles. The van der Waals surface area contributed by atoms with E-state index in [1.807, 2.05) is 13.0 Å². The number of amides is 3. The van der Waals surface area contributed by atoms with Crippen molar-refractivity contribution >= 4 is 29.3 Å². The topological polar surface area (TPSA) is 87.7 Å². The number of nitrogens with zero attached hydrogens (tertiary/aromatic N) is 1. The molecule has 0 fully saturated rings. The van der Waals surface area contributed by atoms with Gasteiger partial charge in [-0.1, -0.05) is 41.9 Å². The third-order valence-corrected chi connectivity index (χ3v) is 5.24. The minimum absolute atomic E-state index is 0.200. The van der Waals surface area contributed by atoms with Crippen LogP contribution in [0.4, 0.5) is 0 Å². The van der Waals surface area contributed by atoms with Crippen LogP contribution < -0.4 is 15.6 Å². The van der Waals surface area contributed by atoms with Crippen LogP contribution in [-0.4, -0.2) is 36.2 Å². The van der Waals surface area contributed by atoms with Crippen molar-refractivity contribution in [3.8, 4) is 5.75 Å². The molecule has 7 nitrogen and oxygen atoms in total. The number of carbonyl (C=O) groups is 3. The van der Waals surface area contributed by atoms with Gasteiger partial charge in [-0.25, -0.2) is 0 Å². The molecule has 3 aromatic rings. The van der Waals surface area contributed by atoms with E-state index < -0.39 is 11.8 Å². The summed E-state index contributed by atoms with van der Waals surface area (Å²) in [5.74, 6) is -0.569. The fourth-order valence-corrected chi connectivity index (χ4v) is 3.07. The third-order valence-electron chi connectivity index (χ3n) is 4.81. The van der Waals surface area contributed by atoms with Gasteiger partial charge in [0, 0.05) is 23.2 Å². The predicted molar refractivity (Wildman–Crippen MR) is 126 cm³/mol. The van der Waals surface area contributed by atoms with Gasteiger partial charge in [0.2, 0.25) is 0 Å². The lowest BCUT2D eigenvalue weighted by Crippen LogP contribution is -2.46. The number of carbonyl (C=O) groups excluding carboxylic acids is 3. The Morgan fingerprint density at radius 3 is 2.27 bits per heavy atom. The molecular weight excluding hydrogens is 442 g/mol. The first-order valence-electron chi connectivity index (χ1n) is 10.2. The van der Waals surface area contributed by atoms with Gasteiger partial charge in [-0.2, -0.15) is 0 Å². The van der Waals surface area contributed by atoms with Gasteiger partial charge in [0.05, 0.1) is 0 Å². The average Bonchev–Trinajstić information content (AvgIpc) is 2.83. The smallest absolute Gasteiger partial charge is 0.269 e. The minimum Gasteiger partial charge on any atom is -0.489 e. The zero-order valence-electron chi connectivity index (χ0n) is 18.3. The normalized spacial score (nSPS) is 10.3. The largest absolute Gasteiger partial charge is 0.489 e. The summed E-state index contributed by atoms with van der Waals surface area (Å²) in [5, 5.41) is 0.680. The molecule has 0 saturated heterocycles. The van der Waals surface area contributed by atoms with Crippen molar-refractivity contribution < 1.29 is 19.1 Å². The van der Waals surface area contributed by atoms with E-state index in [0.717, 1.165) is 11.1 Å². The molecule has 0 aromatic heterocycles. The second kappa shape index (κ2) is 11.2. The number of benzene rings is 3. The SMILES string of the molecule is Cc1cc(OCc2ccc(C(=O)NNC(=O)CN(C)C(=O)c3ccccc3)cc2)ccc1Cl. The highest BCUT2D eigenvalue weighted by Crippen LogP contribution is 2.21. The number of likely N-dealkylation sites (N-methyl/N-ethyl adjacent to an activating group) is 1. The summed E-state index contributed by atoms with van der Waals surface area (Å²) >= 11 is 6.02. The summed E-state index contributed by atoms with van der Waals surface area (Å²) < 4.78 is 5.75. The van der Waals surface area contributed by atoms with Crippen molar-refractivity contribution in [2.24, 2.45) is 0 Å². The van der Waals surface area contributed by atoms with Gasteiger partial charge in [0.25, 0.3) is 17.7 Å². The van der Waals surface area contributed by atoms with Crippen LogP contribution in [0.15, 0.2) is 72.8 Å². The standard InChI is InChI=1S/C25H24ClN3O4/c1-17-14-21(12-13-22(17)26)33-16-18-8-10-19(11-9-18)24(31)28-27-23(30)15-29(2)25(32)20-6-4-3-5-7-20/h3-14H,15-16H2,1-2H3,(H,27,30)(H,28,31). The van der Waals surface area contributed by atoms with Crippen LogP contribution in [0.5, 0.6) is 5.75 Å². The highest BCUT2D eigenvalue weighted by Gasteiger charge is 2.15. The fourth-order valence-electron chi connectivity index (χ4n) is 2.95. The average molecular weight is 466 g/mol. The van der Waals surface area contributed by atoms with E-state index in [0.29, 0.717) is 28.5 Å². The van der Waals surface area contributed by atoms with Crippen LogP contribution in [0, 0.1) is 6.92 Å². The summed E-state index contributed by atoms with van der Waals surface area (Å²) in [5.41, 5.74) is 7.33. The minimum atomic E-state index is -0.515. The number of halogens is 1. The predicted octanol–water partition coefficient (Wildman–Crippen LogP) is 3.76. The van der Waals surface area contributed by atoms with Crippen molar-refractivity contribution in [1.82, 2.24) is 15.8 Å². The van der Waals surface area contributed by atoms with Crippen molar-refractivity contribution in [1.29, 1.82) is 0 Å². The Kier molecular flexibility index (Phi) is 8.05.